The number of ether oxygens (including phenoxy) is 1. The molecule has 0 saturated carbocycles. The first-order valence-electron chi connectivity index (χ1n) is 6.85. The number of amides is 1. The molecule has 1 N–H and O–H groups in total. The highest BCUT2D eigenvalue weighted by Crippen LogP contribution is 2.27. The number of rotatable bonds is 5. The smallest absolute Gasteiger partial charge is 0.253 e. The van der Waals surface area contributed by atoms with Gasteiger partial charge < -0.3 is 10.1 Å². The van der Waals surface area contributed by atoms with Crippen molar-refractivity contribution in [2.24, 2.45) is 0 Å². The zero-order valence-corrected chi connectivity index (χ0v) is 12.9. The van der Waals surface area contributed by atoms with Gasteiger partial charge in [-0.05, 0) is 24.6 Å². The predicted molar refractivity (Wildman–Crippen MR) is 84.9 cm³/mol. The summed E-state index contributed by atoms with van der Waals surface area (Å²) in [6, 6.07) is 14.6. The molecule has 2 aromatic rings. The molecular weight excluding hydrogens is 286 g/mol. The molecular formula is C17H18ClNO2. The van der Waals surface area contributed by atoms with Crippen molar-refractivity contribution in [1.82, 2.24) is 5.32 Å². The van der Waals surface area contributed by atoms with Gasteiger partial charge in [-0.1, -0.05) is 48.9 Å². The van der Waals surface area contributed by atoms with E-state index in [4.69, 9.17) is 16.3 Å². The first-order chi connectivity index (χ1) is 10.2. The Kier molecular flexibility index (Phi) is 5.23. The molecule has 1 atom stereocenters. The quantitative estimate of drug-likeness (QED) is 0.897. The molecule has 3 nitrogen and oxygen atoms in total. The van der Waals surface area contributed by atoms with Gasteiger partial charge in [-0.3, -0.25) is 4.79 Å². The lowest BCUT2D eigenvalue weighted by Gasteiger charge is -2.20. The van der Waals surface area contributed by atoms with E-state index in [0.29, 0.717) is 10.6 Å². The SMILES string of the molecule is CC[C@@H](NC(=O)c1ccccc1Cl)c1ccccc1OC. The van der Waals surface area contributed by atoms with E-state index in [1.165, 1.54) is 0 Å². The summed E-state index contributed by atoms with van der Waals surface area (Å²) in [5, 5.41) is 3.46. The van der Waals surface area contributed by atoms with Crippen molar-refractivity contribution in [3.8, 4) is 5.75 Å². The molecule has 2 aromatic carbocycles. The Bertz CT molecular complexity index is 628. The van der Waals surface area contributed by atoms with Crippen LogP contribution in [0, 0.1) is 0 Å². The summed E-state index contributed by atoms with van der Waals surface area (Å²) in [6.07, 6.45) is 0.760. The summed E-state index contributed by atoms with van der Waals surface area (Å²) < 4.78 is 5.36. The molecule has 0 radical (unpaired) electrons. The number of benzene rings is 2. The Morgan fingerprint density at radius 3 is 2.52 bits per heavy atom. The number of hydrogen-bond donors (Lipinski definition) is 1. The van der Waals surface area contributed by atoms with Crippen molar-refractivity contribution < 1.29 is 9.53 Å². The van der Waals surface area contributed by atoms with Crippen LogP contribution in [0.2, 0.25) is 5.02 Å². The van der Waals surface area contributed by atoms with Gasteiger partial charge in [-0.15, -0.1) is 0 Å². The molecule has 110 valence electrons. The van der Waals surface area contributed by atoms with Gasteiger partial charge in [0, 0.05) is 5.56 Å². The third-order valence-electron chi connectivity index (χ3n) is 3.35. The van der Waals surface area contributed by atoms with Crippen LogP contribution in [0.3, 0.4) is 0 Å². The van der Waals surface area contributed by atoms with Crippen LogP contribution in [0.15, 0.2) is 48.5 Å². The van der Waals surface area contributed by atoms with E-state index in [9.17, 15) is 4.79 Å². The predicted octanol–water partition coefficient (Wildman–Crippen LogP) is 4.23. The van der Waals surface area contributed by atoms with Crippen molar-refractivity contribution in [3.63, 3.8) is 0 Å². The largest absolute Gasteiger partial charge is 0.496 e. The van der Waals surface area contributed by atoms with Gasteiger partial charge in [0.15, 0.2) is 0 Å². The fourth-order valence-electron chi connectivity index (χ4n) is 2.24. The maximum Gasteiger partial charge on any atom is 0.253 e. The zero-order valence-electron chi connectivity index (χ0n) is 12.1. The summed E-state index contributed by atoms with van der Waals surface area (Å²) in [5.41, 5.74) is 1.44. The normalized spacial score (nSPS) is 11.8. The first-order valence-corrected chi connectivity index (χ1v) is 7.23. The Balaban J connectivity index is 2.23. The van der Waals surface area contributed by atoms with Crippen molar-refractivity contribution >= 4 is 17.5 Å². The lowest BCUT2D eigenvalue weighted by molar-refractivity contribution is 0.0935. The molecule has 0 heterocycles. The Morgan fingerprint density at radius 2 is 1.86 bits per heavy atom. The second-order valence-electron chi connectivity index (χ2n) is 4.66. The third-order valence-corrected chi connectivity index (χ3v) is 3.68. The molecule has 21 heavy (non-hydrogen) atoms. The molecule has 0 spiro atoms. The first kappa shape index (κ1) is 15.4. The zero-order chi connectivity index (χ0) is 15.2. The molecule has 0 aromatic heterocycles. The van der Waals surface area contributed by atoms with Crippen LogP contribution in [0.5, 0.6) is 5.75 Å². The summed E-state index contributed by atoms with van der Waals surface area (Å²) in [5.74, 6) is 0.585. The molecule has 0 bridgehead atoms. The topological polar surface area (TPSA) is 38.3 Å². The maximum atomic E-state index is 12.4. The van der Waals surface area contributed by atoms with Crippen LogP contribution in [0.1, 0.15) is 35.3 Å². The van der Waals surface area contributed by atoms with Crippen LogP contribution < -0.4 is 10.1 Å². The number of carbonyl (C=O) groups excluding carboxylic acids is 1. The van der Waals surface area contributed by atoms with E-state index in [1.807, 2.05) is 31.2 Å². The highest BCUT2D eigenvalue weighted by molar-refractivity contribution is 6.33. The van der Waals surface area contributed by atoms with E-state index in [-0.39, 0.29) is 11.9 Å². The lowest BCUT2D eigenvalue weighted by Crippen LogP contribution is -2.28. The highest BCUT2D eigenvalue weighted by atomic mass is 35.5. The van der Waals surface area contributed by atoms with E-state index in [0.717, 1.165) is 17.7 Å². The van der Waals surface area contributed by atoms with Crippen molar-refractivity contribution in [2.75, 3.05) is 7.11 Å². The van der Waals surface area contributed by atoms with Gasteiger partial charge in [-0.2, -0.15) is 0 Å². The average Bonchev–Trinajstić information content (AvgIpc) is 2.52. The monoisotopic (exact) mass is 303 g/mol. The van der Waals surface area contributed by atoms with Crippen LogP contribution in [-0.4, -0.2) is 13.0 Å². The molecule has 0 unspecified atom stereocenters. The van der Waals surface area contributed by atoms with Gasteiger partial charge in [0.1, 0.15) is 5.75 Å². The molecule has 0 aliphatic rings. The van der Waals surface area contributed by atoms with Crippen molar-refractivity contribution in [3.05, 3.63) is 64.7 Å². The minimum atomic E-state index is -0.182. The van der Waals surface area contributed by atoms with Gasteiger partial charge in [0.25, 0.3) is 5.91 Å². The number of hydrogen-bond acceptors (Lipinski definition) is 2. The Morgan fingerprint density at radius 1 is 1.19 bits per heavy atom. The number of nitrogens with one attached hydrogen (secondary N) is 1. The van der Waals surface area contributed by atoms with Crippen LogP contribution in [-0.2, 0) is 0 Å². The molecule has 2 rings (SSSR count). The Labute approximate surface area is 129 Å². The second-order valence-corrected chi connectivity index (χ2v) is 5.06. The summed E-state index contributed by atoms with van der Waals surface area (Å²) in [6.45, 7) is 2.02. The highest BCUT2D eigenvalue weighted by Gasteiger charge is 2.18. The number of para-hydroxylation sites is 1. The van der Waals surface area contributed by atoms with Gasteiger partial charge in [-0.25, -0.2) is 0 Å². The number of carbonyl (C=O) groups is 1. The van der Waals surface area contributed by atoms with Crippen LogP contribution in [0.25, 0.3) is 0 Å². The van der Waals surface area contributed by atoms with Crippen molar-refractivity contribution in [1.29, 1.82) is 0 Å². The number of halogens is 1. The van der Waals surface area contributed by atoms with E-state index < -0.39 is 0 Å². The summed E-state index contributed by atoms with van der Waals surface area (Å²) in [7, 11) is 1.63. The van der Waals surface area contributed by atoms with E-state index >= 15 is 0 Å². The van der Waals surface area contributed by atoms with Crippen LogP contribution >= 0.6 is 11.6 Å². The van der Waals surface area contributed by atoms with E-state index in [1.54, 1.807) is 31.4 Å². The molecule has 4 heteroatoms. The van der Waals surface area contributed by atoms with Crippen LogP contribution in [0.4, 0.5) is 0 Å². The average molecular weight is 304 g/mol. The van der Waals surface area contributed by atoms with Crippen molar-refractivity contribution in [2.45, 2.75) is 19.4 Å². The maximum absolute atomic E-state index is 12.4. The number of methoxy groups -OCH3 is 1. The Hall–Kier alpha value is -2.00. The molecule has 0 saturated heterocycles. The molecule has 0 fully saturated rings. The second kappa shape index (κ2) is 7.14. The summed E-state index contributed by atoms with van der Waals surface area (Å²) in [4.78, 5) is 12.4. The van der Waals surface area contributed by atoms with E-state index in [2.05, 4.69) is 5.32 Å². The summed E-state index contributed by atoms with van der Waals surface area (Å²) >= 11 is 6.06. The molecule has 0 aliphatic heterocycles. The fraction of sp³-hybridized carbons (Fsp3) is 0.235. The van der Waals surface area contributed by atoms with Gasteiger partial charge in [0.05, 0.1) is 23.7 Å². The third kappa shape index (κ3) is 3.56. The van der Waals surface area contributed by atoms with Gasteiger partial charge in [0.2, 0.25) is 0 Å². The molecule has 0 aliphatic carbocycles. The minimum Gasteiger partial charge on any atom is -0.496 e. The van der Waals surface area contributed by atoms with Gasteiger partial charge >= 0.3 is 0 Å². The fourth-order valence-corrected chi connectivity index (χ4v) is 2.46. The lowest BCUT2D eigenvalue weighted by atomic mass is 10.0. The standard InChI is InChI=1S/C17H18ClNO2/c1-3-15(13-9-5-7-11-16(13)21-2)19-17(20)12-8-4-6-10-14(12)18/h4-11,15H,3H2,1-2H3,(H,19,20)/t15-/m1/s1. The minimum absolute atomic E-state index is 0.120. The molecule has 1 amide bonds.